The van der Waals surface area contributed by atoms with Crippen molar-refractivity contribution < 1.29 is 17.6 Å². The van der Waals surface area contributed by atoms with E-state index in [1.807, 2.05) is 32.0 Å². The van der Waals surface area contributed by atoms with Crippen LogP contribution >= 0.6 is 0 Å². The second kappa shape index (κ2) is 8.38. The Labute approximate surface area is 165 Å². The van der Waals surface area contributed by atoms with E-state index in [-0.39, 0.29) is 25.5 Å². The summed E-state index contributed by atoms with van der Waals surface area (Å²) >= 11 is 0. The molecular weight excluding hydrogens is 381 g/mol. The number of amides is 1. The third-order valence-corrected chi connectivity index (χ3v) is 6.71. The van der Waals surface area contributed by atoms with E-state index in [2.05, 4.69) is 5.32 Å². The highest BCUT2D eigenvalue weighted by atomic mass is 32.2. The van der Waals surface area contributed by atoms with Crippen LogP contribution in [0.3, 0.4) is 0 Å². The van der Waals surface area contributed by atoms with E-state index >= 15 is 0 Å². The second-order valence-corrected chi connectivity index (χ2v) is 8.90. The van der Waals surface area contributed by atoms with Crippen LogP contribution in [0.1, 0.15) is 23.1 Å². The first kappa shape index (κ1) is 20.4. The molecule has 28 heavy (non-hydrogen) atoms. The molecule has 0 radical (unpaired) electrons. The maximum atomic E-state index is 13.4. The van der Waals surface area contributed by atoms with E-state index in [0.717, 1.165) is 11.1 Å². The fourth-order valence-electron chi connectivity index (χ4n) is 3.33. The van der Waals surface area contributed by atoms with Gasteiger partial charge in [-0.1, -0.05) is 30.3 Å². The van der Waals surface area contributed by atoms with Gasteiger partial charge in [-0.2, -0.15) is 17.0 Å². The minimum atomic E-state index is -3.80. The summed E-state index contributed by atoms with van der Waals surface area (Å²) in [7, 11) is -3.80. The number of benzene rings is 2. The monoisotopic (exact) mass is 405 g/mol. The molecule has 2 aromatic carbocycles. The van der Waals surface area contributed by atoms with Crippen LogP contribution in [0.25, 0.3) is 0 Å². The maximum absolute atomic E-state index is 13.4. The van der Waals surface area contributed by atoms with Crippen LogP contribution < -0.4 is 5.32 Å². The highest BCUT2D eigenvalue weighted by molar-refractivity contribution is 7.86. The van der Waals surface area contributed by atoms with E-state index in [1.165, 1.54) is 20.7 Å². The molecule has 0 bridgehead atoms. The zero-order valence-corrected chi connectivity index (χ0v) is 16.8. The molecule has 0 spiro atoms. The summed E-state index contributed by atoms with van der Waals surface area (Å²) in [5, 5.41) is 2.82. The lowest BCUT2D eigenvalue weighted by atomic mass is 10.1. The minimum Gasteiger partial charge on any atom is -0.324 e. The smallest absolute Gasteiger partial charge is 0.282 e. The number of nitrogens with one attached hydrogen (secondary N) is 1. The Morgan fingerprint density at radius 2 is 1.71 bits per heavy atom. The molecule has 0 saturated carbocycles. The van der Waals surface area contributed by atoms with Gasteiger partial charge in [-0.25, -0.2) is 4.39 Å². The molecule has 0 atom stereocenters. The van der Waals surface area contributed by atoms with Crippen molar-refractivity contribution in [2.45, 2.75) is 26.8 Å². The Kier molecular flexibility index (Phi) is 6.12. The van der Waals surface area contributed by atoms with Crippen molar-refractivity contribution in [2.24, 2.45) is 0 Å². The van der Waals surface area contributed by atoms with Crippen LogP contribution in [0.4, 0.5) is 10.1 Å². The topological polar surface area (TPSA) is 69.7 Å². The van der Waals surface area contributed by atoms with E-state index in [4.69, 9.17) is 0 Å². The highest BCUT2D eigenvalue weighted by Crippen LogP contribution is 2.22. The molecule has 3 rings (SSSR count). The fraction of sp³-hybridized carbons (Fsp3) is 0.350. The first-order valence-corrected chi connectivity index (χ1v) is 10.5. The SMILES string of the molecule is Cc1cccc(C)c1NC(=O)CN1CCCN(Cc2cccc(F)c2)S1(=O)=O. The zero-order chi connectivity index (χ0) is 20.3. The van der Waals surface area contributed by atoms with Crippen LogP contribution in [0, 0.1) is 19.7 Å². The van der Waals surface area contributed by atoms with Gasteiger partial charge in [0.25, 0.3) is 10.2 Å². The van der Waals surface area contributed by atoms with Gasteiger partial charge in [-0.05, 0) is 49.1 Å². The third-order valence-electron chi connectivity index (χ3n) is 4.78. The Hall–Kier alpha value is -2.29. The molecular formula is C20H24FN3O3S. The summed E-state index contributed by atoms with van der Waals surface area (Å²) < 4.78 is 41.7. The molecule has 1 amide bonds. The first-order valence-electron chi connectivity index (χ1n) is 9.13. The first-order chi connectivity index (χ1) is 13.3. The van der Waals surface area contributed by atoms with E-state index < -0.39 is 16.0 Å². The van der Waals surface area contributed by atoms with E-state index in [1.54, 1.807) is 12.1 Å². The van der Waals surface area contributed by atoms with Gasteiger partial charge in [-0.15, -0.1) is 0 Å². The van der Waals surface area contributed by atoms with Crippen molar-refractivity contribution in [1.82, 2.24) is 8.61 Å². The number of nitrogens with zero attached hydrogens (tertiary/aromatic N) is 2. The van der Waals surface area contributed by atoms with Gasteiger partial charge in [0.05, 0.1) is 6.54 Å². The maximum Gasteiger partial charge on any atom is 0.282 e. The van der Waals surface area contributed by atoms with Gasteiger partial charge >= 0.3 is 0 Å². The summed E-state index contributed by atoms with van der Waals surface area (Å²) in [6.45, 7) is 4.23. The van der Waals surface area contributed by atoms with Crippen LogP contribution in [0.2, 0.25) is 0 Å². The lowest BCUT2D eigenvalue weighted by Gasteiger charge is -2.34. The van der Waals surface area contributed by atoms with Gasteiger partial charge in [0, 0.05) is 25.3 Å². The van der Waals surface area contributed by atoms with Crippen molar-refractivity contribution in [3.8, 4) is 0 Å². The quantitative estimate of drug-likeness (QED) is 0.832. The molecule has 1 N–H and O–H groups in total. The second-order valence-electron chi connectivity index (χ2n) is 6.97. The predicted octanol–water partition coefficient (Wildman–Crippen LogP) is 2.83. The molecule has 1 saturated heterocycles. The Morgan fingerprint density at radius 3 is 2.39 bits per heavy atom. The number of para-hydroxylation sites is 1. The molecule has 2 aromatic rings. The van der Waals surface area contributed by atoms with Crippen LogP contribution in [0.15, 0.2) is 42.5 Å². The summed E-state index contributed by atoms with van der Waals surface area (Å²) in [5.74, 6) is -0.787. The van der Waals surface area contributed by atoms with Crippen molar-refractivity contribution in [3.63, 3.8) is 0 Å². The Balaban J connectivity index is 1.70. The largest absolute Gasteiger partial charge is 0.324 e. The Morgan fingerprint density at radius 1 is 1.07 bits per heavy atom. The number of carbonyl (C=O) groups is 1. The number of halogens is 1. The van der Waals surface area contributed by atoms with Gasteiger partial charge in [-0.3, -0.25) is 4.79 Å². The van der Waals surface area contributed by atoms with Crippen molar-refractivity contribution in [3.05, 3.63) is 65.0 Å². The van der Waals surface area contributed by atoms with E-state index in [9.17, 15) is 17.6 Å². The number of rotatable bonds is 5. The van der Waals surface area contributed by atoms with Crippen LogP contribution in [-0.2, 0) is 21.5 Å². The number of anilines is 1. The number of hydrogen-bond donors (Lipinski definition) is 1. The summed E-state index contributed by atoms with van der Waals surface area (Å²) in [6.07, 6.45) is 0.602. The lowest BCUT2D eigenvalue weighted by Crippen LogP contribution is -2.51. The van der Waals surface area contributed by atoms with Gasteiger partial charge in [0.15, 0.2) is 0 Å². The molecule has 8 heteroatoms. The van der Waals surface area contributed by atoms with Crippen LogP contribution in [-0.4, -0.2) is 42.6 Å². The van der Waals surface area contributed by atoms with E-state index in [0.29, 0.717) is 24.2 Å². The highest BCUT2D eigenvalue weighted by Gasteiger charge is 2.34. The molecule has 1 aliphatic heterocycles. The predicted molar refractivity (Wildman–Crippen MR) is 106 cm³/mol. The van der Waals surface area contributed by atoms with Crippen LogP contribution in [0.5, 0.6) is 0 Å². The molecule has 0 unspecified atom stereocenters. The van der Waals surface area contributed by atoms with Gasteiger partial charge in [0.1, 0.15) is 5.82 Å². The molecule has 6 nitrogen and oxygen atoms in total. The summed E-state index contributed by atoms with van der Waals surface area (Å²) in [5.41, 5.74) is 3.12. The van der Waals surface area contributed by atoms with Crippen molar-refractivity contribution in [1.29, 1.82) is 0 Å². The average molecular weight is 405 g/mol. The number of aryl methyl sites for hydroxylation is 2. The average Bonchev–Trinajstić information content (AvgIpc) is 2.62. The third kappa shape index (κ3) is 4.57. The summed E-state index contributed by atoms with van der Waals surface area (Å²) in [4.78, 5) is 12.5. The van der Waals surface area contributed by atoms with Crippen molar-refractivity contribution in [2.75, 3.05) is 25.0 Å². The van der Waals surface area contributed by atoms with Crippen molar-refractivity contribution >= 4 is 21.8 Å². The molecule has 0 aromatic heterocycles. The number of hydrogen-bond acceptors (Lipinski definition) is 3. The molecule has 1 heterocycles. The zero-order valence-electron chi connectivity index (χ0n) is 16.0. The molecule has 1 aliphatic rings. The fourth-order valence-corrected chi connectivity index (χ4v) is 4.97. The molecule has 1 fully saturated rings. The molecule has 0 aliphatic carbocycles. The number of carbonyl (C=O) groups excluding carboxylic acids is 1. The standard InChI is InChI=1S/C20H24FN3O3S/c1-15-6-3-7-16(2)20(15)22-19(25)14-24-11-5-10-23(28(24,26)27)13-17-8-4-9-18(21)12-17/h3-4,6-9,12H,5,10-11,13-14H2,1-2H3,(H,22,25). The van der Waals surface area contributed by atoms with Gasteiger partial charge in [0.2, 0.25) is 5.91 Å². The summed E-state index contributed by atoms with van der Waals surface area (Å²) in [6, 6.07) is 11.6. The lowest BCUT2D eigenvalue weighted by molar-refractivity contribution is -0.116. The van der Waals surface area contributed by atoms with Gasteiger partial charge < -0.3 is 5.32 Å². The Bertz CT molecular complexity index is 958. The molecule has 150 valence electrons. The normalized spacial score (nSPS) is 17.4. The minimum absolute atomic E-state index is 0.0785.